The molecule has 6 heterocycles. The van der Waals surface area contributed by atoms with Gasteiger partial charge in [-0.15, -0.1) is 0 Å². The molecule has 0 radical (unpaired) electrons. The van der Waals surface area contributed by atoms with Crippen molar-refractivity contribution in [2.45, 2.75) is 38.1 Å². The number of imidazole rings is 2. The van der Waals surface area contributed by atoms with E-state index in [0.29, 0.717) is 83.4 Å². The van der Waals surface area contributed by atoms with Crippen molar-refractivity contribution < 1.29 is 65.8 Å². The number of fused-ring (bicyclic) bond motifs is 2. The van der Waals surface area contributed by atoms with Crippen molar-refractivity contribution in [2.24, 2.45) is 11.8 Å². The molecule has 6 aromatic carbocycles. The summed E-state index contributed by atoms with van der Waals surface area (Å²) >= 11 is 11.9. The van der Waals surface area contributed by atoms with E-state index >= 15 is 17.6 Å². The van der Waals surface area contributed by atoms with Gasteiger partial charge in [-0.25, -0.2) is 47.1 Å². The molecule has 2 saturated heterocycles. The summed E-state index contributed by atoms with van der Waals surface area (Å²) in [5.41, 5.74) is 4.83. The number of hydrogen-bond acceptors (Lipinski definition) is 12. The Morgan fingerprint density at radius 3 is 1.32 bits per heavy atom. The Morgan fingerprint density at radius 1 is 0.523 bits per heavy atom. The van der Waals surface area contributed by atoms with E-state index in [1.54, 1.807) is 99.1 Å². The van der Waals surface area contributed by atoms with Crippen molar-refractivity contribution in [1.82, 2.24) is 29.1 Å². The minimum atomic E-state index is -1.07. The van der Waals surface area contributed by atoms with Crippen LogP contribution >= 0.6 is 23.2 Å². The summed E-state index contributed by atoms with van der Waals surface area (Å²) in [6, 6.07) is 37.5. The second-order valence-corrected chi connectivity index (χ2v) is 22.1. The van der Waals surface area contributed by atoms with Gasteiger partial charge in [-0.1, -0.05) is 59.6 Å². The highest BCUT2D eigenvalue weighted by Crippen LogP contribution is 2.37. The summed E-state index contributed by atoms with van der Waals surface area (Å²) in [6.07, 6.45) is -0.0675. The van der Waals surface area contributed by atoms with Gasteiger partial charge in [-0.2, -0.15) is 0 Å². The van der Waals surface area contributed by atoms with Crippen LogP contribution in [0.25, 0.3) is 44.6 Å². The van der Waals surface area contributed by atoms with Gasteiger partial charge in [0.2, 0.25) is 11.8 Å². The minimum absolute atomic E-state index is 0.00727. The molecule has 88 heavy (non-hydrogen) atoms. The van der Waals surface area contributed by atoms with Gasteiger partial charge in [0.05, 0.1) is 96.3 Å². The predicted octanol–water partition coefficient (Wildman–Crippen LogP) is 13.5. The highest BCUT2D eigenvalue weighted by molar-refractivity contribution is 6.30. The number of ether oxygens (including phenoxy) is 6. The lowest BCUT2D eigenvalue weighted by Crippen LogP contribution is -2.23. The van der Waals surface area contributed by atoms with E-state index in [0.717, 1.165) is 35.4 Å². The number of aromatic carboxylic acids is 2. The molecule has 2 aliphatic rings. The average molecular weight is 1240 g/mol. The number of hydrogen-bond donors (Lipinski definition) is 2. The zero-order valence-corrected chi connectivity index (χ0v) is 48.9. The van der Waals surface area contributed by atoms with Gasteiger partial charge in [0.15, 0.2) is 0 Å². The summed E-state index contributed by atoms with van der Waals surface area (Å²) in [5.74, 6) is -3.33. The number of carboxylic acids is 2. The van der Waals surface area contributed by atoms with E-state index in [1.165, 1.54) is 12.1 Å². The lowest BCUT2D eigenvalue weighted by atomic mass is 10.0. The van der Waals surface area contributed by atoms with Crippen molar-refractivity contribution >= 4 is 57.2 Å². The molecule has 10 aromatic rings. The van der Waals surface area contributed by atoms with Gasteiger partial charge in [-0.05, 0) is 119 Å². The molecular formula is C66H56Cl2F4N6O10. The molecule has 2 aliphatic heterocycles. The standard InChI is InChI=1S/2C33H28ClF2N3O5/c2*1-42-16-22-17-43-18-30(22)39-29-12-20(33(40)41)7-10-28(29)37-31(39)13-21-11-26(36)24(14-25(21)35)27-3-2-4-32(38-27)44-15-19-5-8-23(34)9-6-19/h2*2-12,14,22,30H,13,15-18H2,1H3,(H,40,41)/t2*22-,30+/m00/s1. The molecular weight excluding hydrogens is 1180 g/mol. The Bertz CT molecular complexity index is 3920. The Balaban J connectivity index is 0.000000182. The van der Waals surface area contributed by atoms with Crippen LogP contribution in [0.15, 0.2) is 146 Å². The van der Waals surface area contributed by atoms with Crippen LogP contribution < -0.4 is 9.47 Å². The summed E-state index contributed by atoms with van der Waals surface area (Å²) in [7, 11) is 3.20. The fourth-order valence-corrected chi connectivity index (χ4v) is 11.2. The van der Waals surface area contributed by atoms with E-state index < -0.39 is 35.2 Å². The van der Waals surface area contributed by atoms with Crippen molar-refractivity contribution in [2.75, 3.05) is 53.9 Å². The molecule has 2 fully saturated rings. The van der Waals surface area contributed by atoms with Crippen molar-refractivity contribution in [3.8, 4) is 34.3 Å². The maximum absolute atomic E-state index is 15.6. The number of carbonyl (C=O) groups is 2. The van der Waals surface area contributed by atoms with E-state index in [1.807, 2.05) is 33.4 Å². The lowest BCUT2D eigenvalue weighted by molar-refractivity contribution is 0.0686. The molecule has 12 rings (SSSR count). The highest BCUT2D eigenvalue weighted by atomic mass is 35.5. The van der Waals surface area contributed by atoms with E-state index in [-0.39, 0.29) is 107 Å². The topological polar surface area (TPSA) is 191 Å². The lowest BCUT2D eigenvalue weighted by Gasteiger charge is -2.22. The third-order valence-electron chi connectivity index (χ3n) is 15.3. The van der Waals surface area contributed by atoms with Crippen LogP contribution in [0.3, 0.4) is 0 Å². The number of halogens is 6. The van der Waals surface area contributed by atoms with E-state index in [2.05, 4.69) is 9.97 Å². The zero-order chi connectivity index (χ0) is 61.6. The van der Waals surface area contributed by atoms with Crippen LogP contribution in [0.2, 0.25) is 10.0 Å². The molecule has 0 amide bonds. The number of benzene rings is 6. The summed E-state index contributed by atoms with van der Waals surface area (Å²) in [4.78, 5) is 41.6. The fourth-order valence-electron chi connectivity index (χ4n) is 11.0. The first kappa shape index (κ1) is 60.9. The molecule has 4 atom stereocenters. The van der Waals surface area contributed by atoms with E-state index in [9.17, 15) is 19.8 Å². The monoisotopic (exact) mass is 1240 g/mol. The predicted molar refractivity (Wildman–Crippen MR) is 320 cm³/mol. The first-order valence-corrected chi connectivity index (χ1v) is 28.6. The molecule has 16 nitrogen and oxygen atoms in total. The molecule has 452 valence electrons. The van der Waals surface area contributed by atoms with Gasteiger partial charge in [0, 0.05) is 72.2 Å². The van der Waals surface area contributed by atoms with Crippen LogP contribution in [0.5, 0.6) is 11.8 Å². The quantitative estimate of drug-likeness (QED) is 0.0685. The van der Waals surface area contributed by atoms with E-state index in [4.69, 9.17) is 61.6 Å². The third-order valence-corrected chi connectivity index (χ3v) is 15.8. The first-order valence-electron chi connectivity index (χ1n) is 27.9. The fraction of sp³-hybridized carbons (Fsp3) is 0.242. The van der Waals surface area contributed by atoms with Gasteiger partial charge in [0.25, 0.3) is 0 Å². The Hall–Kier alpha value is -8.76. The van der Waals surface area contributed by atoms with Gasteiger partial charge in [0.1, 0.15) is 48.1 Å². The molecule has 2 N–H and O–H groups in total. The molecule has 0 unspecified atom stereocenters. The molecule has 0 spiro atoms. The number of nitrogens with zero attached hydrogens (tertiary/aromatic N) is 6. The van der Waals surface area contributed by atoms with Crippen molar-refractivity contribution in [3.05, 3.63) is 224 Å². The van der Waals surface area contributed by atoms with Crippen LogP contribution in [0.4, 0.5) is 17.6 Å². The molecule has 0 bridgehead atoms. The third kappa shape index (κ3) is 13.7. The van der Waals surface area contributed by atoms with Crippen molar-refractivity contribution in [1.29, 1.82) is 0 Å². The normalized spacial score (nSPS) is 16.5. The SMILES string of the molecule is COC[C@H]1COC[C@H]1n1c(Cc2cc(F)c(-c3cccc(OCc4ccc(Cl)cc4)n3)cc2F)nc2ccc(C(=O)O)cc21.COC[C@H]1COC[C@H]1n1c(Cc2cc(F)c(-c3cccc(OCc4ccc(Cl)cc4)n3)cc2F)nc2ccc(C(=O)O)cc21. The second-order valence-electron chi connectivity index (χ2n) is 21.2. The van der Waals surface area contributed by atoms with Crippen LogP contribution in [0.1, 0.15) is 66.7 Å². The molecule has 0 saturated carbocycles. The minimum Gasteiger partial charge on any atom is -0.478 e. The van der Waals surface area contributed by atoms with Crippen LogP contribution in [-0.2, 0) is 45.0 Å². The Labute approximate surface area is 511 Å². The maximum Gasteiger partial charge on any atom is 0.335 e. The summed E-state index contributed by atoms with van der Waals surface area (Å²) in [5, 5.41) is 20.4. The van der Waals surface area contributed by atoms with Crippen molar-refractivity contribution in [3.63, 3.8) is 0 Å². The zero-order valence-electron chi connectivity index (χ0n) is 47.3. The maximum atomic E-state index is 15.6. The van der Waals surface area contributed by atoms with Crippen LogP contribution in [-0.4, -0.2) is 105 Å². The number of methoxy groups -OCH3 is 2. The highest BCUT2D eigenvalue weighted by Gasteiger charge is 2.35. The number of carboxylic acid groups (broad SMARTS) is 2. The molecule has 4 aromatic heterocycles. The first-order chi connectivity index (χ1) is 42.6. The molecule has 22 heteroatoms. The average Bonchev–Trinajstić information content (AvgIpc) is 1.74. The second kappa shape index (κ2) is 27.1. The molecule has 0 aliphatic carbocycles. The van der Waals surface area contributed by atoms with Gasteiger partial charge in [-0.3, -0.25) is 0 Å². The number of aromatic nitrogens is 6. The van der Waals surface area contributed by atoms with Gasteiger partial charge < -0.3 is 47.8 Å². The Kier molecular flexibility index (Phi) is 18.8. The largest absolute Gasteiger partial charge is 0.478 e. The van der Waals surface area contributed by atoms with Gasteiger partial charge >= 0.3 is 11.9 Å². The smallest absolute Gasteiger partial charge is 0.335 e. The summed E-state index contributed by atoms with van der Waals surface area (Å²) < 4.78 is 100.0. The van der Waals surface area contributed by atoms with Crippen LogP contribution in [0, 0.1) is 35.1 Å². The summed E-state index contributed by atoms with van der Waals surface area (Å²) in [6.45, 7) is 2.88. The Morgan fingerprint density at radius 2 is 0.932 bits per heavy atom. The number of pyridine rings is 2. The number of rotatable bonds is 20.